The quantitative estimate of drug-likeness (QED) is 0.767. The Bertz CT molecular complexity index is 385. The lowest BCUT2D eigenvalue weighted by atomic mass is 10.1. The molecule has 0 amide bonds. The monoisotopic (exact) mass is 224 g/mol. The van der Waals surface area contributed by atoms with Gasteiger partial charge in [0.1, 0.15) is 0 Å². The van der Waals surface area contributed by atoms with E-state index in [0.29, 0.717) is 19.4 Å². The SMILES string of the molecule is CN(CCC#N)CCc1ccc(F)c(F)c1. The van der Waals surface area contributed by atoms with Crippen LogP contribution in [0.5, 0.6) is 0 Å². The topological polar surface area (TPSA) is 27.0 Å². The highest BCUT2D eigenvalue weighted by atomic mass is 19.2. The normalized spacial score (nSPS) is 10.4. The van der Waals surface area contributed by atoms with Gasteiger partial charge in [-0.15, -0.1) is 0 Å². The predicted octanol–water partition coefficient (Wildman–Crippen LogP) is 2.35. The molecule has 0 saturated heterocycles. The Hall–Kier alpha value is -1.47. The zero-order valence-electron chi connectivity index (χ0n) is 9.21. The van der Waals surface area contributed by atoms with Crippen LogP contribution in [0.1, 0.15) is 12.0 Å². The first-order valence-corrected chi connectivity index (χ1v) is 5.13. The molecule has 2 nitrogen and oxygen atoms in total. The van der Waals surface area contributed by atoms with Gasteiger partial charge in [0.25, 0.3) is 0 Å². The van der Waals surface area contributed by atoms with E-state index in [9.17, 15) is 8.78 Å². The van der Waals surface area contributed by atoms with Crippen LogP contribution in [0.2, 0.25) is 0 Å². The zero-order valence-corrected chi connectivity index (χ0v) is 9.21. The number of benzene rings is 1. The highest BCUT2D eigenvalue weighted by molar-refractivity contribution is 5.18. The Morgan fingerprint density at radius 3 is 2.62 bits per heavy atom. The fraction of sp³-hybridized carbons (Fsp3) is 0.417. The van der Waals surface area contributed by atoms with Crippen molar-refractivity contribution in [3.05, 3.63) is 35.4 Å². The van der Waals surface area contributed by atoms with Crippen LogP contribution in [0.3, 0.4) is 0 Å². The van der Waals surface area contributed by atoms with Crippen molar-refractivity contribution in [2.24, 2.45) is 0 Å². The van der Waals surface area contributed by atoms with Crippen LogP contribution in [-0.2, 0) is 6.42 Å². The molecule has 4 heteroatoms. The number of nitriles is 1. The summed E-state index contributed by atoms with van der Waals surface area (Å²) in [6.07, 6.45) is 1.13. The van der Waals surface area contributed by atoms with E-state index in [1.807, 2.05) is 11.9 Å². The van der Waals surface area contributed by atoms with Gasteiger partial charge in [-0.1, -0.05) is 6.07 Å². The molecule has 1 rings (SSSR count). The van der Waals surface area contributed by atoms with Crippen molar-refractivity contribution < 1.29 is 8.78 Å². The summed E-state index contributed by atoms with van der Waals surface area (Å²) in [5.41, 5.74) is 0.766. The van der Waals surface area contributed by atoms with Gasteiger partial charge in [-0.3, -0.25) is 0 Å². The van der Waals surface area contributed by atoms with Crippen molar-refractivity contribution in [1.29, 1.82) is 5.26 Å². The molecule has 0 aromatic heterocycles. The highest BCUT2D eigenvalue weighted by Gasteiger charge is 2.03. The van der Waals surface area contributed by atoms with Gasteiger partial charge in [-0.25, -0.2) is 8.78 Å². The molecule has 16 heavy (non-hydrogen) atoms. The van der Waals surface area contributed by atoms with Crippen molar-refractivity contribution in [3.63, 3.8) is 0 Å². The van der Waals surface area contributed by atoms with Crippen LogP contribution in [0.4, 0.5) is 8.78 Å². The summed E-state index contributed by atoms with van der Waals surface area (Å²) >= 11 is 0. The minimum absolute atomic E-state index is 0.480. The van der Waals surface area contributed by atoms with E-state index in [2.05, 4.69) is 6.07 Å². The standard InChI is InChI=1S/C12H14F2N2/c1-16(7-2-6-15)8-5-10-3-4-11(13)12(14)9-10/h3-4,9H,2,5,7-8H2,1H3. The van der Waals surface area contributed by atoms with Crippen LogP contribution < -0.4 is 0 Å². The third-order valence-electron chi connectivity index (χ3n) is 2.37. The van der Waals surface area contributed by atoms with Crippen molar-refractivity contribution in [3.8, 4) is 6.07 Å². The Morgan fingerprint density at radius 2 is 2.00 bits per heavy atom. The second-order valence-corrected chi connectivity index (χ2v) is 3.71. The van der Waals surface area contributed by atoms with Gasteiger partial charge in [-0.2, -0.15) is 5.26 Å². The third-order valence-corrected chi connectivity index (χ3v) is 2.37. The number of hydrogen-bond acceptors (Lipinski definition) is 2. The van der Waals surface area contributed by atoms with Gasteiger partial charge in [0.05, 0.1) is 6.07 Å². The number of nitrogens with zero attached hydrogens (tertiary/aromatic N) is 2. The average Bonchev–Trinajstić information content (AvgIpc) is 2.28. The van der Waals surface area contributed by atoms with Gasteiger partial charge in [0.2, 0.25) is 0 Å². The second-order valence-electron chi connectivity index (χ2n) is 3.71. The lowest BCUT2D eigenvalue weighted by molar-refractivity contribution is 0.346. The summed E-state index contributed by atoms with van der Waals surface area (Å²) in [6, 6.07) is 6.00. The zero-order chi connectivity index (χ0) is 12.0. The first-order chi connectivity index (χ1) is 7.63. The second kappa shape index (κ2) is 6.19. The van der Waals surface area contributed by atoms with E-state index in [-0.39, 0.29) is 0 Å². The van der Waals surface area contributed by atoms with Crippen molar-refractivity contribution in [2.45, 2.75) is 12.8 Å². The van der Waals surface area contributed by atoms with E-state index < -0.39 is 11.6 Å². The maximum atomic E-state index is 12.9. The summed E-state index contributed by atoms with van der Waals surface area (Å²) in [7, 11) is 1.90. The smallest absolute Gasteiger partial charge is 0.159 e. The van der Waals surface area contributed by atoms with Crippen molar-refractivity contribution >= 4 is 0 Å². The Morgan fingerprint density at radius 1 is 1.25 bits per heavy atom. The summed E-state index contributed by atoms with van der Waals surface area (Å²) in [4.78, 5) is 1.99. The molecule has 0 unspecified atom stereocenters. The molecule has 0 radical (unpaired) electrons. The predicted molar refractivity (Wildman–Crippen MR) is 57.8 cm³/mol. The molecule has 86 valence electrons. The Kier molecular flexibility index (Phi) is 4.87. The molecule has 0 aliphatic carbocycles. The third kappa shape index (κ3) is 3.95. The lowest BCUT2D eigenvalue weighted by Gasteiger charge is -2.14. The summed E-state index contributed by atoms with van der Waals surface area (Å²) < 4.78 is 25.5. The lowest BCUT2D eigenvalue weighted by Crippen LogP contribution is -2.22. The molecule has 0 aliphatic heterocycles. The number of likely N-dealkylation sites (N-methyl/N-ethyl adjacent to an activating group) is 1. The van der Waals surface area contributed by atoms with E-state index in [4.69, 9.17) is 5.26 Å². The molecule has 0 fully saturated rings. The van der Waals surface area contributed by atoms with E-state index >= 15 is 0 Å². The molecule has 1 aromatic carbocycles. The maximum Gasteiger partial charge on any atom is 0.159 e. The molecule has 0 atom stereocenters. The van der Waals surface area contributed by atoms with Crippen molar-refractivity contribution in [2.75, 3.05) is 20.1 Å². The number of hydrogen-bond donors (Lipinski definition) is 0. The van der Waals surface area contributed by atoms with E-state index in [1.54, 1.807) is 6.07 Å². The highest BCUT2D eigenvalue weighted by Crippen LogP contribution is 2.09. The first kappa shape index (κ1) is 12.6. The van der Waals surface area contributed by atoms with E-state index in [0.717, 1.165) is 18.2 Å². The van der Waals surface area contributed by atoms with E-state index in [1.165, 1.54) is 6.07 Å². The molecule has 0 heterocycles. The van der Waals surface area contributed by atoms with Crippen LogP contribution in [0.15, 0.2) is 18.2 Å². The molecule has 0 N–H and O–H groups in total. The fourth-order valence-electron chi connectivity index (χ4n) is 1.37. The molecule has 0 bridgehead atoms. The van der Waals surface area contributed by atoms with Gasteiger partial charge in [0.15, 0.2) is 11.6 Å². The maximum absolute atomic E-state index is 12.9. The minimum atomic E-state index is -0.818. The van der Waals surface area contributed by atoms with Gasteiger partial charge < -0.3 is 4.90 Å². The van der Waals surface area contributed by atoms with Gasteiger partial charge in [-0.05, 0) is 31.2 Å². The number of halogens is 2. The molecule has 0 aliphatic rings. The molecule has 0 spiro atoms. The Labute approximate surface area is 94.1 Å². The average molecular weight is 224 g/mol. The number of rotatable bonds is 5. The van der Waals surface area contributed by atoms with Crippen LogP contribution in [0.25, 0.3) is 0 Å². The summed E-state index contributed by atoms with van der Waals surface area (Å²) in [5.74, 6) is -1.63. The largest absolute Gasteiger partial charge is 0.305 e. The minimum Gasteiger partial charge on any atom is -0.305 e. The molecule has 1 aromatic rings. The van der Waals surface area contributed by atoms with Crippen LogP contribution in [0, 0.1) is 23.0 Å². The van der Waals surface area contributed by atoms with Gasteiger partial charge in [0, 0.05) is 19.5 Å². The summed E-state index contributed by atoms with van der Waals surface area (Å²) in [5, 5.41) is 8.40. The van der Waals surface area contributed by atoms with Crippen LogP contribution >= 0.6 is 0 Å². The first-order valence-electron chi connectivity index (χ1n) is 5.13. The van der Waals surface area contributed by atoms with Gasteiger partial charge >= 0.3 is 0 Å². The summed E-state index contributed by atoms with van der Waals surface area (Å²) in [6.45, 7) is 1.42. The van der Waals surface area contributed by atoms with Crippen LogP contribution in [-0.4, -0.2) is 25.0 Å². The Balaban J connectivity index is 2.43. The molecular weight excluding hydrogens is 210 g/mol. The fourth-order valence-corrected chi connectivity index (χ4v) is 1.37. The van der Waals surface area contributed by atoms with Crippen molar-refractivity contribution in [1.82, 2.24) is 4.90 Å². The molecule has 0 saturated carbocycles. The molecular formula is C12H14F2N2.